The molecule has 1 aromatic heterocycles. The van der Waals surface area contributed by atoms with Crippen molar-refractivity contribution in [1.82, 2.24) is 10.2 Å². The van der Waals surface area contributed by atoms with Crippen molar-refractivity contribution < 1.29 is 4.39 Å². The molecule has 0 radical (unpaired) electrons. The highest BCUT2D eigenvalue weighted by atomic mass is 35.5. The van der Waals surface area contributed by atoms with E-state index in [2.05, 4.69) is 10.2 Å². The molecule has 17 heavy (non-hydrogen) atoms. The van der Waals surface area contributed by atoms with Crippen molar-refractivity contribution in [3.63, 3.8) is 0 Å². The van der Waals surface area contributed by atoms with Gasteiger partial charge in [0.2, 0.25) is 0 Å². The van der Waals surface area contributed by atoms with Gasteiger partial charge in [-0.05, 0) is 12.1 Å². The molecule has 88 valence electrons. The number of rotatable bonds is 3. The second kappa shape index (κ2) is 5.43. The monoisotopic (exact) mass is 270 g/mol. The molecule has 1 heterocycles. The van der Waals surface area contributed by atoms with Crippen molar-refractivity contribution in [3.8, 4) is 11.1 Å². The molecule has 0 N–H and O–H groups in total. The molecule has 0 aliphatic carbocycles. The van der Waals surface area contributed by atoms with Crippen LogP contribution in [-0.2, 0) is 11.8 Å². The van der Waals surface area contributed by atoms with Crippen LogP contribution in [0, 0.1) is 5.82 Å². The van der Waals surface area contributed by atoms with Crippen LogP contribution in [0.3, 0.4) is 0 Å². The maximum absolute atomic E-state index is 13.7. The zero-order valence-electron chi connectivity index (χ0n) is 8.83. The Kier molecular flexibility index (Phi) is 3.92. The molecule has 2 rings (SSSR count). The minimum Gasteiger partial charge on any atom is -0.206 e. The Labute approximate surface area is 108 Å². The molecular weight excluding hydrogens is 262 g/mol. The standard InChI is InChI=1S/C12H9Cl2FN2/c13-6-8-5-10(12(7-14)17-16-8)9-3-1-2-4-11(9)15/h1-5H,6-7H2. The van der Waals surface area contributed by atoms with Gasteiger partial charge in [-0.2, -0.15) is 10.2 Å². The molecule has 0 saturated carbocycles. The molecule has 0 spiro atoms. The van der Waals surface area contributed by atoms with Gasteiger partial charge < -0.3 is 0 Å². The van der Waals surface area contributed by atoms with Crippen LogP contribution in [0.4, 0.5) is 4.39 Å². The predicted molar refractivity (Wildman–Crippen MR) is 66.5 cm³/mol. The van der Waals surface area contributed by atoms with Crippen LogP contribution in [0.5, 0.6) is 0 Å². The Bertz CT molecular complexity index is 532. The van der Waals surface area contributed by atoms with Crippen molar-refractivity contribution in [1.29, 1.82) is 0 Å². The highest BCUT2D eigenvalue weighted by Gasteiger charge is 2.11. The summed E-state index contributed by atoms with van der Waals surface area (Å²) in [4.78, 5) is 0. The van der Waals surface area contributed by atoms with E-state index in [-0.39, 0.29) is 17.6 Å². The van der Waals surface area contributed by atoms with Gasteiger partial charge in [-0.15, -0.1) is 23.2 Å². The zero-order chi connectivity index (χ0) is 12.3. The molecule has 0 fully saturated rings. The van der Waals surface area contributed by atoms with Crippen LogP contribution in [0.2, 0.25) is 0 Å². The SMILES string of the molecule is Fc1ccccc1-c1cc(CCl)nnc1CCl. The van der Waals surface area contributed by atoms with Gasteiger partial charge in [0.05, 0.1) is 23.1 Å². The molecule has 0 unspecified atom stereocenters. The maximum atomic E-state index is 13.7. The number of halogens is 3. The first kappa shape index (κ1) is 12.3. The lowest BCUT2D eigenvalue weighted by atomic mass is 10.0. The summed E-state index contributed by atoms with van der Waals surface area (Å²) < 4.78 is 13.7. The molecule has 1 aromatic carbocycles. The van der Waals surface area contributed by atoms with Crippen LogP contribution < -0.4 is 0 Å². The van der Waals surface area contributed by atoms with Crippen molar-refractivity contribution in [3.05, 3.63) is 47.5 Å². The van der Waals surface area contributed by atoms with E-state index in [0.717, 1.165) is 0 Å². The molecule has 0 aliphatic rings. The van der Waals surface area contributed by atoms with Crippen molar-refractivity contribution in [2.24, 2.45) is 0 Å². The highest BCUT2D eigenvalue weighted by Crippen LogP contribution is 2.26. The van der Waals surface area contributed by atoms with Crippen LogP contribution in [0.25, 0.3) is 11.1 Å². The Balaban J connectivity index is 2.60. The Morgan fingerprint density at radius 3 is 2.41 bits per heavy atom. The Morgan fingerprint density at radius 2 is 1.76 bits per heavy atom. The largest absolute Gasteiger partial charge is 0.206 e. The second-order valence-electron chi connectivity index (χ2n) is 3.44. The molecular formula is C12H9Cl2FN2. The summed E-state index contributed by atoms with van der Waals surface area (Å²) in [5.41, 5.74) is 2.25. The number of nitrogens with zero attached hydrogens (tertiary/aromatic N) is 2. The van der Waals surface area contributed by atoms with E-state index in [1.54, 1.807) is 24.3 Å². The molecule has 0 saturated heterocycles. The second-order valence-corrected chi connectivity index (χ2v) is 3.98. The quantitative estimate of drug-likeness (QED) is 0.794. The van der Waals surface area contributed by atoms with E-state index < -0.39 is 0 Å². The highest BCUT2D eigenvalue weighted by molar-refractivity contribution is 6.17. The lowest BCUT2D eigenvalue weighted by Gasteiger charge is -2.08. The van der Waals surface area contributed by atoms with Crippen molar-refractivity contribution >= 4 is 23.2 Å². The smallest absolute Gasteiger partial charge is 0.131 e. The first-order chi connectivity index (χ1) is 8.26. The van der Waals surface area contributed by atoms with Crippen LogP contribution in [0.1, 0.15) is 11.4 Å². The third kappa shape index (κ3) is 2.56. The molecule has 0 amide bonds. The van der Waals surface area contributed by atoms with Gasteiger partial charge in [-0.25, -0.2) is 4.39 Å². The summed E-state index contributed by atoms with van der Waals surface area (Å²) in [5.74, 6) is 0.100. The van der Waals surface area contributed by atoms with E-state index in [9.17, 15) is 4.39 Å². The van der Waals surface area contributed by atoms with E-state index in [1.165, 1.54) is 6.07 Å². The number of alkyl halides is 2. The van der Waals surface area contributed by atoms with Gasteiger partial charge in [-0.3, -0.25) is 0 Å². The first-order valence-corrected chi connectivity index (χ1v) is 6.05. The van der Waals surface area contributed by atoms with Crippen LogP contribution >= 0.6 is 23.2 Å². The molecule has 2 aromatic rings. The average Bonchev–Trinajstić information content (AvgIpc) is 2.38. The fraction of sp³-hybridized carbons (Fsp3) is 0.167. The normalized spacial score (nSPS) is 10.5. The topological polar surface area (TPSA) is 25.8 Å². The van der Waals surface area contributed by atoms with Gasteiger partial charge in [0.1, 0.15) is 5.82 Å². The van der Waals surface area contributed by atoms with E-state index >= 15 is 0 Å². The molecule has 2 nitrogen and oxygen atoms in total. The molecule has 5 heteroatoms. The summed E-state index contributed by atoms with van der Waals surface area (Å²) in [6.07, 6.45) is 0. The van der Waals surface area contributed by atoms with Crippen molar-refractivity contribution in [2.75, 3.05) is 0 Å². The van der Waals surface area contributed by atoms with Gasteiger partial charge >= 0.3 is 0 Å². The van der Waals surface area contributed by atoms with E-state index in [0.29, 0.717) is 22.5 Å². The zero-order valence-corrected chi connectivity index (χ0v) is 10.3. The fourth-order valence-electron chi connectivity index (χ4n) is 1.53. The average molecular weight is 271 g/mol. The van der Waals surface area contributed by atoms with Gasteiger partial charge in [0.25, 0.3) is 0 Å². The fourth-order valence-corrected chi connectivity index (χ4v) is 1.86. The van der Waals surface area contributed by atoms with E-state index in [4.69, 9.17) is 23.2 Å². The number of benzene rings is 1. The third-order valence-corrected chi connectivity index (χ3v) is 2.88. The Hall–Kier alpha value is -1.19. The summed E-state index contributed by atoms with van der Waals surface area (Å²) >= 11 is 11.5. The lowest BCUT2D eigenvalue weighted by molar-refractivity contribution is 0.631. The molecule has 0 atom stereocenters. The molecule has 0 bridgehead atoms. The summed E-state index contributed by atoms with van der Waals surface area (Å²) in [7, 11) is 0. The summed E-state index contributed by atoms with van der Waals surface area (Å²) in [6.45, 7) is 0. The van der Waals surface area contributed by atoms with Crippen LogP contribution in [-0.4, -0.2) is 10.2 Å². The van der Waals surface area contributed by atoms with E-state index in [1.807, 2.05) is 0 Å². The van der Waals surface area contributed by atoms with Crippen LogP contribution in [0.15, 0.2) is 30.3 Å². The lowest BCUT2D eigenvalue weighted by Crippen LogP contribution is -1.99. The van der Waals surface area contributed by atoms with Gasteiger partial charge in [0, 0.05) is 11.1 Å². The first-order valence-electron chi connectivity index (χ1n) is 4.98. The summed E-state index contributed by atoms with van der Waals surface area (Å²) in [6, 6.07) is 8.19. The summed E-state index contributed by atoms with van der Waals surface area (Å²) in [5, 5.41) is 7.85. The Morgan fingerprint density at radius 1 is 1.00 bits per heavy atom. The van der Waals surface area contributed by atoms with Gasteiger partial charge in [0.15, 0.2) is 0 Å². The third-order valence-electron chi connectivity index (χ3n) is 2.35. The van der Waals surface area contributed by atoms with Crippen molar-refractivity contribution in [2.45, 2.75) is 11.8 Å². The predicted octanol–water partition coefficient (Wildman–Crippen LogP) is 3.76. The number of hydrogen-bond donors (Lipinski definition) is 0. The molecule has 0 aliphatic heterocycles. The number of aromatic nitrogens is 2. The van der Waals surface area contributed by atoms with Gasteiger partial charge in [-0.1, -0.05) is 18.2 Å². The maximum Gasteiger partial charge on any atom is 0.131 e. The minimum absolute atomic E-state index is 0.180. The minimum atomic E-state index is -0.313. The number of hydrogen-bond acceptors (Lipinski definition) is 2.